The lowest BCUT2D eigenvalue weighted by atomic mass is 9.84. The molecule has 0 aromatic rings. The molecule has 0 heterocycles. The number of allylic oxidation sites excluding steroid dienone is 1. The number of carbonyl (C=O) groups excluding carboxylic acids is 3. The molecule has 25 heavy (non-hydrogen) atoms. The molecule has 0 bridgehead atoms. The van der Waals surface area contributed by atoms with Crippen LogP contribution in [-0.2, 0) is 28.6 Å². The highest BCUT2D eigenvalue weighted by atomic mass is 16.6. The molecule has 0 aromatic heterocycles. The first kappa shape index (κ1) is 23.1. The molecule has 6 heteroatoms. The Morgan fingerprint density at radius 3 is 1.56 bits per heavy atom. The van der Waals surface area contributed by atoms with Crippen molar-refractivity contribution in [3.8, 4) is 0 Å². The van der Waals surface area contributed by atoms with Gasteiger partial charge in [0.2, 0.25) is 0 Å². The van der Waals surface area contributed by atoms with E-state index in [1.165, 1.54) is 20.8 Å². The van der Waals surface area contributed by atoms with Crippen LogP contribution < -0.4 is 0 Å². The largest absolute Gasteiger partial charge is 0.465 e. The molecule has 6 nitrogen and oxygen atoms in total. The maximum Gasteiger partial charge on any atom is 0.302 e. The van der Waals surface area contributed by atoms with Crippen molar-refractivity contribution in [2.45, 2.75) is 65.7 Å². The van der Waals surface area contributed by atoms with Crippen LogP contribution in [0.15, 0.2) is 12.7 Å². The Labute approximate surface area is 150 Å². The fourth-order valence-corrected chi connectivity index (χ4v) is 2.42. The Hall–Kier alpha value is -1.85. The Kier molecular flexibility index (Phi) is 12.4. The van der Waals surface area contributed by atoms with E-state index in [1.807, 2.05) is 6.08 Å². The monoisotopic (exact) mass is 356 g/mol. The first-order valence-corrected chi connectivity index (χ1v) is 8.82. The van der Waals surface area contributed by atoms with Crippen LogP contribution in [-0.4, -0.2) is 37.7 Å². The Morgan fingerprint density at radius 1 is 0.760 bits per heavy atom. The quantitative estimate of drug-likeness (QED) is 0.205. The molecule has 0 atom stereocenters. The van der Waals surface area contributed by atoms with Gasteiger partial charge in [0.25, 0.3) is 0 Å². The fourth-order valence-electron chi connectivity index (χ4n) is 2.42. The zero-order chi connectivity index (χ0) is 19.1. The highest BCUT2D eigenvalue weighted by Crippen LogP contribution is 2.28. The standard InChI is InChI=1S/C19H32O6/c1-5-6-7-8-9-10-11-12-19(13-23-16(2)20,14-24-17(3)21)15-25-18(4)22/h5H,1,6-15H2,2-4H3. The van der Waals surface area contributed by atoms with Crippen LogP contribution in [0.4, 0.5) is 0 Å². The lowest BCUT2D eigenvalue weighted by molar-refractivity contribution is -0.159. The fraction of sp³-hybridized carbons (Fsp3) is 0.737. The van der Waals surface area contributed by atoms with Gasteiger partial charge in [-0.15, -0.1) is 6.58 Å². The van der Waals surface area contributed by atoms with E-state index in [0.29, 0.717) is 6.42 Å². The number of carbonyl (C=O) groups is 3. The summed E-state index contributed by atoms with van der Waals surface area (Å²) < 4.78 is 15.4. The summed E-state index contributed by atoms with van der Waals surface area (Å²) in [6.45, 7) is 7.84. The zero-order valence-corrected chi connectivity index (χ0v) is 15.8. The Balaban J connectivity index is 4.70. The van der Waals surface area contributed by atoms with Crippen molar-refractivity contribution in [2.24, 2.45) is 5.41 Å². The summed E-state index contributed by atoms with van der Waals surface area (Å²) in [6.07, 6.45) is 8.83. The van der Waals surface area contributed by atoms with Gasteiger partial charge in [0.1, 0.15) is 19.8 Å². The van der Waals surface area contributed by atoms with Crippen molar-refractivity contribution in [3.05, 3.63) is 12.7 Å². The van der Waals surface area contributed by atoms with Crippen LogP contribution >= 0.6 is 0 Å². The average Bonchev–Trinajstić information content (AvgIpc) is 2.54. The minimum Gasteiger partial charge on any atom is -0.465 e. The van der Waals surface area contributed by atoms with Crippen LogP contribution in [0, 0.1) is 5.41 Å². The maximum absolute atomic E-state index is 11.2. The third kappa shape index (κ3) is 13.2. The number of esters is 3. The molecule has 0 spiro atoms. The summed E-state index contributed by atoms with van der Waals surface area (Å²) >= 11 is 0. The molecule has 0 radical (unpaired) electrons. The van der Waals surface area contributed by atoms with Gasteiger partial charge in [0.05, 0.1) is 5.41 Å². The molecule has 0 unspecified atom stereocenters. The van der Waals surface area contributed by atoms with Crippen molar-refractivity contribution in [2.75, 3.05) is 19.8 Å². The van der Waals surface area contributed by atoms with Gasteiger partial charge in [-0.1, -0.05) is 31.8 Å². The van der Waals surface area contributed by atoms with Crippen molar-refractivity contribution >= 4 is 17.9 Å². The first-order valence-electron chi connectivity index (χ1n) is 8.82. The van der Waals surface area contributed by atoms with Gasteiger partial charge in [-0.05, 0) is 19.3 Å². The summed E-state index contributed by atoms with van der Waals surface area (Å²) in [7, 11) is 0. The van der Waals surface area contributed by atoms with Gasteiger partial charge in [-0.25, -0.2) is 0 Å². The molecule has 0 saturated carbocycles. The van der Waals surface area contributed by atoms with Crippen molar-refractivity contribution in [1.29, 1.82) is 0 Å². The molecular formula is C19H32O6. The highest BCUT2D eigenvalue weighted by molar-refractivity contribution is 5.67. The Bertz CT molecular complexity index is 384. The van der Waals surface area contributed by atoms with Gasteiger partial charge in [-0.2, -0.15) is 0 Å². The summed E-state index contributed by atoms with van der Waals surface area (Å²) in [6, 6.07) is 0. The Morgan fingerprint density at radius 2 is 1.16 bits per heavy atom. The van der Waals surface area contributed by atoms with Gasteiger partial charge >= 0.3 is 17.9 Å². The van der Waals surface area contributed by atoms with Gasteiger partial charge in [-0.3, -0.25) is 14.4 Å². The van der Waals surface area contributed by atoms with Crippen LogP contribution in [0.5, 0.6) is 0 Å². The topological polar surface area (TPSA) is 78.9 Å². The molecule has 0 saturated heterocycles. The van der Waals surface area contributed by atoms with Gasteiger partial charge in [0.15, 0.2) is 0 Å². The van der Waals surface area contributed by atoms with E-state index in [4.69, 9.17) is 14.2 Å². The molecule has 0 aliphatic heterocycles. The second-order valence-electron chi connectivity index (χ2n) is 6.44. The smallest absolute Gasteiger partial charge is 0.302 e. The SMILES string of the molecule is C=CCCCCCCCC(COC(C)=O)(COC(C)=O)COC(C)=O. The third-order valence-corrected chi connectivity index (χ3v) is 3.86. The minimum atomic E-state index is -0.704. The van der Waals surface area contributed by atoms with Crippen LogP contribution in [0.3, 0.4) is 0 Å². The summed E-state index contributed by atoms with van der Waals surface area (Å²) in [5.41, 5.74) is -0.704. The van der Waals surface area contributed by atoms with Crippen molar-refractivity contribution in [1.82, 2.24) is 0 Å². The predicted molar refractivity (Wildman–Crippen MR) is 94.8 cm³/mol. The maximum atomic E-state index is 11.2. The second kappa shape index (κ2) is 13.4. The molecule has 144 valence electrons. The number of ether oxygens (including phenoxy) is 3. The van der Waals surface area contributed by atoms with Gasteiger partial charge < -0.3 is 14.2 Å². The first-order chi connectivity index (χ1) is 11.8. The summed E-state index contributed by atoms with van der Waals surface area (Å²) in [5, 5.41) is 0. The molecule has 0 amide bonds. The van der Waals surface area contributed by atoms with Crippen molar-refractivity contribution in [3.63, 3.8) is 0 Å². The molecule has 0 aliphatic rings. The van der Waals surface area contributed by atoms with Crippen molar-refractivity contribution < 1.29 is 28.6 Å². The molecule has 0 N–H and O–H groups in total. The van der Waals surface area contributed by atoms with E-state index in [2.05, 4.69) is 6.58 Å². The van der Waals surface area contributed by atoms with E-state index < -0.39 is 23.3 Å². The summed E-state index contributed by atoms with van der Waals surface area (Å²) in [5.74, 6) is -1.25. The zero-order valence-electron chi connectivity index (χ0n) is 15.8. The third-order valence-electron chi connectivity index (χ3n) is 3.86. The molecule has 0 rings (SSSR count). The average molecular weight is 356 g/mol. The number of hydrogen-bond acceptors (Lipinski definition) is 6. The molecule has 0 aromatic carbocycles. The van der Waals surface area contributed by atoms with E-state index in [1.54, 1.807) is 0 Å². The number of rotatable bonds is 14. The van der Waals surface area contributed by atoms with Crippen LogP contribution in [0.1, 0.15) is 65.7 Å². The van der Waals surface area contributed by atoms with E-state index >= 15 is 0 Å². The molecule has 0 aliphatic carbocycles. The molecule has 0 fully saturated rings. The lowest BCUT2D eigenvalue weighted by Crippen LogP contribution is -2.39. The number of unbranched alkanes of at least 4 members (excludes halogenated alkanes) is 5. The normalized spacial score (nSPS) is 10.8. The molecular weight excluding hydrogens is 324 g/mol. The van der Waals surface area contributed by atoms with E-state index in [9.17, 15) is 14.4 Å². The van der Waals surface area contributed by atoms with Crippen LogP contribution in [0.2, 0.25) is 0 Å². The number of hydrogen-bond donors (Lipinski definition) is 0. The minimum absolute atomic E-state index is 0.0549. The van der Waals surface area contributed by atoms with E-state index in [0.717, 1.165) is 38.5 Å². The highest BCUT2D eigenvalue weighted by Gasteiger charge is 2.34. The van der Waals surface area contributed by atoms with E-state index in [-0.39, 0.29) is 19.8 Å². The van der Waals surface area contributed by atoms with Crippen LogP contribution in [0.25, 0.3) is 0 Å². The van der Waals surface area contributed by atoms with Gasteiger partial charge in [0, 0.05) is 20.8 Å². The lowest BCUT2D eigenvalue weighted by Gasteiger charge is -2.32. The predicted octanol–water partition coefficient (Wildman–Crippen LogP) is 3.58. The summed E-state index contributed by atoms with van der Waals surface area (Å²) in [4.78, 5) is 33.6. The second-order valence-corrected chi connectivity index (χ2v) is 6.44.